The molecule has 0 heterocycles. The van der Waals surface area contributed by atoms with Crippen LogP contribution in [0.5, 0.6) is 0 Å². The molecule has 0 aromatic heterocycles. The quantitative estimate of drug-likeness (QED) is 0.370. The minimum absolute atomic E-state index is 0.185. The van der Waals surface area contributed by atoms with Gasteiger partial charge in [0.1, 0.15) is 5.78 Å². The predicted molar refractivity (Wildman–Crippen MR) is 125 cm³/mol. The Labute approximate surface area is 179 Å². The standard InChI is InChI=1S/C26H40O2Si/c1-19(22-15-16-23-24(27)12-9-17-26(22,23)4)13-14-20-10-8-11-21(18-20)25(2,3)28-29(5,6)7/h8,10-11,13,18,22-23H,9,12,14-17H2,1-7H3/t22-,23+,26-/m1/s1. The number of rotatable bonds is 6. The van der Waals surface area contributed by atoms with Crippen molar-refractivity contribution in [3.8, 4) is 0 Å². The summed E-state index contributed by atoms with van der Waals surface area (Å²) in [6.07, 6.45) is 8.71. The lowest BCUT2D eigenvalue weighted by atomic mass is 9.63. The van der Waals surface area contributed by atoms with Crippen LogP contribution in [0.3, 0.4) is 0 Å². The van der Waals surface area contributed by atoms with Crippen LogP contribution in [0.25, 0.3) is 0 Å². The molecular formula is C26H40O2Si. The molecule has 0 bridgehead atoms. The van der Waals surface area contributed by atoms with Gasteiger partial charge in [-0.3, -0.25) is 4.79 Å². The van der Waals surface area contributed by atoms with Crippen LogP contribution in [-0.2, 0) is 21.2 Å². The fourth-order valence-corrected chi connectivity index (χ4v) is 7.65. The van der Waals surface area contributed by atoms with Gasteiger partial charge in [0.2, 0.25) is 0 Å². The number of hydrogen-bond acceptors (Lipinski definition) is 2. The summed E-state index contributed by atoms with van der Waals surface area (Å²) in [5.74, 6) is 1.38. The molecule has 0 amide bonds. The van der Waals surface area contributed by atoms with Crippen LogP contribution in [-0.4, -0.2) is 14.1 Å². The van der Waals surface area contributed by atoms with E-state index in [-0.39, 0.29) is 11.0 Å². The van der Waals surface area contributed by atoms with Gasteiger partial charge in [-0.05, 0) is 95.0 Å². The predicted octanol–water partition coefficient (Wildman–Crippen LogP) is 7.05. The van der Waals surface area contributed by atoms with Crippen LogP contribution in [0.4, 0.5) is 0 Å². The van der Waals surface area contributed by atoms with E-state index in [1.54, 1.807) is 0 Å². The Bertz CT molecular complexity index is 786. The van der Waals surface area contributed by atoms with Crippen LogP contribution in [0, 0.1) is 17.3 Å². The van der Waals surface area contributed by atoms with Crippen molar-refractivity contribution in [1.29, 1.82) is 0 Å². The van der Waals surface area contributed by atoms with Crippen molar-refractivity contribution in [3.05, 3.63) is 47.0 Å². The third-order valence-electron chi connectivity index (χ3n) is 7.26. The molecule has 2 aliphatic rings. The highest BCUT2D eigenvalue weighted by Gasteiger charge is 2.51. The summed E-state index contributed by atoms with van der Waals surface area (Å²) < 4.78 is 6.45. The third-order valence-corrected chi connectivity index (χ3v) is 8.38. The number of hydrogen-bond donors (Lipinski definition) is 0. The molecule has 0 aliphatic heterocycles. The van der Waals surface area contributed by atoms with Crippen molar-refractivity contribution < 1.29 is 9.22 Å². The van der Waals surface area contributed by atoms with Gasteiger partial charge in [-0.25, -0.2) is 0 Å². The number of allylic oxidation sites excluding steroid dienone is 2. The van der Waals surface area contributed by atoms with Crippen molar-refractivity contribution in [3.63, 3.8) is 0 Å². The second kappa shape index (κ2) is 8.15. The topological polar surface area (TPSA) is 26.3 Å². The minimum atomic E-state index is -1.62. The SMILES string of the molecule is CC(=CCc1cccc(C(C)(C)O[Si](C)(C)C)c1)[C@H]1CC[C@H]2C(=O)CCC[C@]12C. The van der Waals surface area contributed by atoms with Gasteiger partial charge in [-0.1, -0.05) is 42.8 Å². The molecule has 2 nitrogen and oxygen atoms in total. The van der Waals surface area contributed by atoms with E-state index in [0.717, 1.165) is 25.7 Å². The normalized spacial score (nSPS) is 28.5. The Morgan fingerprint density at radius 2 is 2.00 bits per heavy atom. The van der Waals surface area contributed by atoms with E-state index < -0.39 is 8.32 Å². The average Bonchev–Trinajstić information content (AvgIpc) is 2.96. The molecule has 3 atom stereocenters. The van der Waals surface area contributed by atoms with Gasteiger partial charge in [-0.2, -0.15) is 0 Å². The van der Waals surface area contributed by atoms with Gasteiger partial charge in [0, 0.05) is 12.3 Å². The van der Waals surface area contributed by atoms with Gasteiger partial charge in [0.15, 0.2) is 8.32 Å². The van der Waals surface area contributed by atoms with Crippen LogP contribution in [0.1, 0.15) is 70.9 Å². The molecule has 2 saturated carbocycles. The Hall–Kier alpha value is -1.19. The zero-order valence-electron chi connectivity index (χ0n) is 19.6. The lowest BCUT2D eigenvalue weighted by Crippen LogP contribution is -2.37. The van der Waals surface area contributed by atoms with Crippen LogP contribution < -0.4 is 0 Å². The van der Waals surface area contributed by atoms with Gasteiger partial charge >= 0.3 is 0 Å². The van der Waals surface area contributed by atoms with Crippen LogP contribution in [0.15, 0.2) is 35.9 Å². The maximum absolute atomic E-state index is 12.4. The highest BCUT2D eigenvalue weighted by Crippen LogP contribution is 2.56. The average molecular weight is 413 g/mol. The van der Waals surface area contributed by atoms with E-state index in [4.69, 9.17) is 4.43 Å². The first-order valence-corrected chi connectivity index (χ1v) is 14.8. The second-order valence-corrected chi connectivity index (χ2v) is 15.5. The summed E-state index contributed by atoms with van der Waals surface area (Å²) in [5.41, 5.74) is 4.01. The smallest absolute Gasteiger partial charge is 0.184 e. The summed E-state index contributed by atoms with van der Waals surface area (Å²) >= 11 is 0. The number of Topliss-reactive ketones (excluding diaryl/α,β-unsaturated/α-hetero) is 1. The lowest BCUT2D eigenvalue weighted by molar-refractivity contribution is -0.129. The zero-order valence-corrected chi connectivity index (χ0v) is 20.6. The summed E-state index contributed by atoms with van der Waals surface area (Å²) in [7, 11) is -1.62. The van der Waals surface area contributed by atoms with Crippen molar-refractivity contribution in [1.82, 2.24) is 0 Å². The first-order chi connectivity index (χ1) is 13.4. The fraction of sp³-hybridized carbons (Fsp3) is 0.654. The van der Waals surface area contributed by atoms with Crippen molar-refractivity contribution in [2.24, 2.45) is 17.3 Å². The molecule has 0 radical (unpaired) electrons. The number of ketones is 1. The first-order valence-electron chi connectivity index (χ1n) is 11.4. The molecule has 0 saturated heterocycles. The molecule has 29 heavy (non-hydrogen) atoms. The Morgan fingerprint density at radius 3 is 2.69 bits per heavy atom. The lowest BCUT2D eigenvalue weighted by Gasteiger charge is -2.40. The molecule has 0 N–H and O–H groups in total. The molecular weight excluding hydrogens is 372 g/mol. The number of carbonyl (C=O) groups is 1. The first kappa shape index (κ1) is 22.5. The number of benzene rings is 1. The maximum atomic E-state index is 12.4. The largest absolute Gasteiger partial charge is 0.409 e. The maximum Gasteiger partial charge on any atom is 0.184 e. The molecule has 3 rings (SSSR count). The van der Waals surface area contributed by atoms with Gasteiger partial charge in [0.25, 0.3) is 0 Å². The van der Waals surface area contributed by atoms with E-state index in [2.05, 4.69) is 77.7 Å². The summed E-state index contributed by atoms with van der Waals surface area (Å²) in [6, 6.07) is 8.89. The molecule has 1 aromatic rings. The van der Waals surface area contributed by atoms with Gasteiger partial charge in [-0.15, -0.1) is 0 Å². The van der Waals surface area contributed by atoms with E-state index in [1.165, 1.54) is 29.5 Å². The Balaban J connectivity index is 1.74. The monoisotopic (exact) mass is 412 g/mol. The highest BCUT2D eigenvalue weighted by molar-refractivity contribution is 6.69. The molecule has 0 spiro atoms. The molecule has 2 aliphatic carbocycles. The Morgan fingerprint density at radius 1 is 1.28 bits per heavy atom. The molecule has 1 aromatic carbocycles. The molecule has 3 heteroatoms. The summed E-state index contributed by atoms with van der Waals surface area (Å²) in [4.78, 5) is 12.4. The van der Waals surface area contributed by atoms with Crippen molar-refractivity contribution >= 4 is 14.1 Å². The molecule has 0 unspecified atom stereocenters. The van der Waals surface area contributed by atoms with E-state index in [1.807, 2.05) is 0 Å². The number of fused-ring (bicyclic) bond motifs is 1. The highest BCUT2D eigenvalue weighted by atomic mass is 28.4. The van der Waals surface area contributed by atoms with E-state index in [9.17, 15) is 4.79 Å². The minimum Gasteiger partial charge on any atom is -0.409 e. The van der Waals surface area contributed by atoms with Crippen molar-refractivity contribution in [2.45, 2.75) is 91.5 Å². The third kappa shape index (κ3) is 4.94. The zero-order chi connectivity index (χ0) is 21.4. The van der Waals surface area contributed by atoms with Crippen molar-refractivity contribution in [2.75, 3.05) is 0 Å². The van der Waals surface area contributed by atoms with Crippen LogP contribution in [0.2, 0.25) is 19.6 Å². The van der Waals surface area contributed by atoms with Gasteiger partial charge < -0.3 is 4.43 Å². The van der Waals surface area contributed by atoms with E-state index >= 15 is 0 Å². The van der Waals surface area contributed by atoms with Gasteiger partial charge in [0.05, 0.1) is 5.60 Å². The second-order valence-electron chi connectivity index (χ2n) is 11.1. The number of carbonyl (C=O) groups excluding carboxylic acids is 1. The molecule has 2 fully saturated rings. The summed E-state index contributed by atoms with van der Waals surface area (Å²) in [5, 5.41) is 0. The Kier molecular flexibility index (Phi) is 6.32. The van der Waals surface area contributed by atoms with Crippen LogP contribution >= 0.6 is 0 Å². The van der Waals surface area contributed by atoms with E-state index in [0.29, 0.717) is 17.6 Å². The summed E-state index contributed by atoms with van der Waals surface area (Å²) in [6.45, 7) is 15.8. The molecule has 160 valence electrons. The fourth-order valence-electron chi connectivity index (χ4n) is 6.00.